The van der Waals surface area contributed by atoms with E-state index in [2.05, 4.69) is 22.3 Å². The average Bonchev–Trinajstić information content (AvgIpc) is 2.91. The van der Waals surface area contributed by atoms with Gasteiger partial charge in [0.05, 0.1) is 6.10 Å². The highest BCUT2D eigenvalue weighted by Gasteiger charge is 2.48. The van der Waals surface area contributed by atoms with Crippen molar-refractivity contribution in [3.63, 3.8) is 0 Å². The van der Waals surface area contributed by atoms with Crippen molar-refractivity contribution in [2.75, 3.05) is 31.1 Å². The maximum atomic E-state index is 12.7. The third-order valence-corrected chi connectivity index (χ3v) is 7.18. The Morgan fingerprint density at radius 1 is 1.16 bits per heavy atom. The van der Waals surface area contributed by atoms with Crippen LogP contribution in [0.5, 0.6) is 0 Å². The summed E-state index contributed by atoms with van der Waals surface area (Å²) >= 11 is 0. The number of nitriles is 1. The van der Waals surface area contributed by atoms with Crippen molar-refractivity contribution in [2.24, 2.45) is 0 Å². The average molecular weight is 510 g/mol. The molecule has 1 unspecified atom stereocenters. The molecule has 1 amide bonds. The van der Waals surface area contributed by atoms with E-state index >= 15 is 0 Å². The van der Waals surface area contributed by atoms with E-state index in [-0.39, 0.29) is 25.1 Å². The second kappa shape index (κ2) is 12.0. The number of rotatable bonds is 8. The molecule has 0 spiro atoms. The molecule has 37 heavy (non-hydrogen) atoms. The van der Waals surface area contributed by atoms with Crippen molar-refractivity contribution in [2.45, 2.75) is 62.6 Å². The molecular weight excluding hydrogens is 474 g/mol. The van der Waals surface area contributed by atoms with Crippen LogP contribution in [-0.4, -0.2) is 76.7 Å². The molecular formula is C28H35N3O6. The van der Waals surface area contributed by atoms with E-state index in [0.717, 1.165) is 23.9 Å². The fraction of sp³-hybridized carbons (Fsp3) is 0.500. The standard InChI is InChI=1S/C28H35N3O6/c29-17-22(27(34)30-18-26-28(35,36)25(33)16-24(37-26)5-4-12-32)14-19-6-7-21-15-23(9-8-20(21)13-19)31-10-2-1-3-11-31/h6-9,13-15,24-26,32-33,35-36H,1-5,10-12,16,18H2,(H,30,34)/b22-14+/t24?,25-,26-/m1/s1. The first-order valence-corrected chi connectivity index (χ1v) is 12.9. The van der Waals surface area contributed by atoms with E-state index in [9.17, 15) is 25.4 Å². The molecule has 0 aromatic heterocycles. The summed E-state index contributed by atoms with van der Waals surface area (Å²) in [5.41, 5.74) is 1.75. The number of carbonyl (C=O) groups is 1. The second-order valence-corrected chi connectivity index (χ2v) is 9.87. The van der Waals surface area contributed by atoms with Crippen LogP contribution >= 0.6 is 0 Å². The predicted molar refractivity (Wildman–Crippen MR) is 139 cm³/mol. The number of fused-ring (bicyclic) bond motifs is 1. The molecule has 2 heterocycles. The minimum atomic E-state index is -2.55. The van der Waals surface area contributed by atoms with Crippen molar-refractivity contribution in [1.82, 2.24) is 5.32 Å². The van der Waals surface area contributed by atoms with Crippen molar-refractivity contribution in [3.8, 4) is 6.07 Å². The first-order valence-electron chi connectivity index (χ1n) is 12.9. The minimum absolute atomic E-state index is 0.00226. The molecule has 9 heteroatoms. The minimum Gasteiger partial charge on any atom is -0.396 e. The second-order valence-electron chi connectivity index (χ2n) is 9.87. The van der Waals surface area contributed by atoms with Crippen molar-refractivity contribution < 1.29 is 30.0 Å². The summed E-state index contributed by atoms with van der Waals surface area (Å²) in [6.07, 6.45) is 2.79. The number of nitrogens with one attached hydrogen (secondary N) is 1. The SMILES string of the molecule is N#C/C(=C\c1ccc2cc(N3CCCCC3)ccc2c1)C(=O)NC[C@H]1OC(CCCO)C[C@@H](O)C1(O)O. The molecule has 5 N–H and O–H groups in total. The lowest BCUT2D eigenvalue weighted by Crippen LogP contribution is -2.62. The highest BCUT2D eigenvalue weighted by atomic mass is 16.6. The van der Waals surface area contributed by atoms with Gasteiger partial charge in [-0.1, -0.05) is 18.2 Å². The molecule has 2 aromatic carbocycles. The van der Waals surface area contributed by atoms with Crippen LogP contribution < -0.4 is 10.2 Å². The smallest absolute Gasteiger partial charge is 0.262 e. The number of piperidine rings is 1. The summed E-state index contributed by atoms with van der Waals surface area (Å²) < 4.78 is 5.67. The van der Waals surface area contributed by atoms with Gasteiger partial charge in [0.15, 0.2) is 0 Å². The van der Waals surface area contributed by atoms with Crippen molar-refractivity contribution in [3.05, 3.63) is 47.5 Å². The fourth-order valence-electron chi connectivity index (χ4n) is 5.01. The molecule has 2 aliphatic rings. The van der Waals surface area contributed by atoms with Crippen LogP contribution in [0, 0.1) is 11.3 Å². The van der Waals surface area contributed by atoms with E-state index in [1.165, 1.54) is 31.0 Å². The van der Waals surface area contributed by atoms with Crippen LogP contribution in [0.4, 0.5) is 5.69 Å². The Kier molecular flexibility index (Phi) is 8.79. The molecule has 2 saturated heterocycles. The molecule has 2 fully saturated rings. The number of hydrogen-bond acceptors (Lipinski definition) is 8. The molecule has 0 aliphatic carbocycles. The fourth-order valence-corrected chi connectivity index (χ4v) is 5.01. The van der Waals surface area contributed by atoms with Gasteiger partial charge in [0, 0.05) is 38.3 Å². The summed E-state index contributed by atoms with van der Waals surface area (Å²) in [5, 5.41) is 53.9. The lowest BCUT2D eigenvalue weighted by Gasteiger charge is -2.42. The first kappa shape index (κ1) is 27.0. The Hall–Kier alpha value is -3.00. The normalized spacial score (nSPS) is 24.0. The van der Waals surface area contributed by atoms with Crippen LogP contribution in [0.25, 0.3) is 16.8 Å². The lowest BCUT2D eigenvalue weighted by molar-refractivity contribution is -0.321. The lowest BCUT2D eigenvalue weighted by atomic mass is 9.92. The third kappa shape index (κ3) is 6.47. The summed E-state index contributed by atoms with van der Waals surface area (Å²) in [6.45, 7) is 1.77. The van der Waals surface area contributed by atoms with Gasteiger partial charge < -0.3 is 35.4 Å². The summed E-state index contributed by atoms with van der Waals surface area (Å²) in [5.74, 6) is -3.24. The number of amides is 1. The Morgan fingerprint density at radius 3 is 2.62 bits per heavy atom. The number of benzene rings is 2. The van der Waals surface area contributed by atoms with Crippen molar-refractivity contribution in [1.29, 1.82) is 5.26 Å². The van der Waals surface area contributed by atoms with E-state index in [1.807, 2.05) is 30.3 Å². The number of carbonyl (C=O) groups excluding carboxylic acids is 1. The van der Waals surface area contributed by atoms with Gasteiger partial charge in [0.2, 0.25) is 5.79 Å². The molecule has 3 atom stereocenters. The number of ether oxygens (including phenoxy) is 1. The molecule has 2 aromatic rings. The van der Waals surface area contributed by atoms with Crippen LogP contribution in [0.1, 0.15) is 44.1 Å². The molecule has 9 nitrogen and oxygen atoms in total. The predicted octanol–water partition coefficient (Wildman–Crippen LogP) is 1.83. The Bertz CT molecular complexity index is 1170. The van der Waals surface area contributed by atoms with Gasteiger partial charge in [-0.3, -0.25) is 4.79 Å². The summed E-state index contributed by atoms with van der Waals surface area (Å²) in [4.78, 5) is 15.1. The third-order valence-electron chi connectivity index (χ3n) is 7.18. The molecule has 0 bridgehead atoms. The zero-order valence-electron chi connectivity index (χ0n) is 20.8. The van der Waals surface area contributed by atoms with E-state index in [4.69, 9.17) is 9.84 Å². The van der Waals surface area contributed by atoms with Crippen LogP contribution in [0.2, 0.25) is 0 Å². The number of aliphatic hydroxyl groups is 4. The number of aliphatic hydroxyl groups excluding tert-OH is 2. The van der Waals surface area contributed by atoms with Crippen LogP contribution in [-0.2, 0) is 9.53 Å². The quantitative estimate of drug-likeness (QED) is 0.206. The van der Waals surface area contributed by atoms with Crippen molar-refractivity contribution >= 4 is 28.4 Å². The highest BCUT2D eigenvalue weighted by Crippen LogP contribution is 2.30. The highest BCUT2D eigenvalue weighted by molar-refractivity contribution is 6.02. The van der Waals surface area contributed by atoms with E-state index in [1.54, 1.807) is 0 Å². The number of nitrogens with zero attached hydrogens (tertiary/aromatic N) is 2. The Labute approximate surface area is 216 Å². The maximum Gasteiger partial charge on any atom is 0.262 e. The molecule has 0 saturated carbocycles. The van der Waals surface area contributed by atoms with Gasteiger partial charge >= 0.3 is 0 Å². The first-order chi connectivity index (χ1) is 17.8. The number of anilines is 1. The molecule has 2 aliphatic heterocycles. The molecule has 4 rings (SSSR count). The largest absolute Gasteiger partial charge is 0.396 e. The van der Waals surface area contributed by atoms with Gasteiger partial charge in [0.25, 0.3) is 5.91 Å². The topological polar surface area (TPSA) is 146 Å². The van der Waals surface area contributed by atoms with Crippen LogP contribution in [0.3, 0.4) is 0 Å². The Balaban J connectivity index is 1.43. The van der Waals surface area contributed by atoms with Gasteiger partial charge in [-0.25, -0.2) is 0 Å². The zero-order chi connectivity index (χ0) is 26.4. The number of hydrogen-bond donors (Lipinski definition) is 5. The monoisotopic (exact) mass is 509 g/mol. The van der Waals surface area contributed by atoms with Gasteiger partial charge in [-0.15, -0.1) is 0 Å². The van der Waals surface area contributed by atoms with E-state index < -0.39 is 30.0 Å². The van der Waals surface area contributed by atoms with Gasteiger partial charge in [0.1, 0.15) is 23.9 Å². The summed E-state index contributed by atoms with van der Waals surface area (Å²) in [6, 6.07) is 13.9. The van der Waals surface area contributed by atoms with Gasteiger partial charge in [-0.05, 0) is 72.7 Å². The summed E-state index contributed by atoms with van der Waals surface area (Å²) in [7, 11) is 0. The van der Waals surface area contributed by atoms with Crippen LogP contribution in [0.15, 0.2) is 42.0 Å². The van der Waals surface area contributed by atoms with E-state index in [0.29, 0.717) is 18.4 Å². The molecule has 0 radical (unpaired) electrons. The van der Waals surface area contributed by atoms with Gasteiger partial charge in [-0.2, -0.15) is 5.26 Å². The zero-order valence-corrected chi connectivity index (χ0v) is 20.8. The molecule has 198 valence electrons. The maximum absolute atomic E-state index is 12.7. The Morgan fingerprint density at radius 2 is 1.89 bits per heavy atom.